The molecule has 2 rings (SSSR count). The van der Waals surface area contributed by atoms with Gasteiger partial charge in [0.25, 0.3) is 0 Å². The minimum atomic E-state index is 0.619. The summed E-state index contributed by atoms with van der Waals surface area (Å²) in [7, 11) is 3.37. The number of thiophene rings is 1. The van der Waals surface area contributed by atoms with Crippen molar-refractivity contribution in [1.29, 1.82) is 0 Å². The van der Waals surface area contributed by atoms with Crippen LogP contribution in [0.2, 0.25) is 0 Å². The predicted molar refractivity (Wildman–Crippen MR) is 82.1 cm³/mol. The fraction of sp³-hybridized carbons (Fsp3) is 0.286. The Bertz CT molecular complexity index is 537. The second kappa shape index (κ2) is 7.49. The molecule has 106 valence electrons. The van der Waals surface area contributed by atoms with Gasteiger partial charge in [-0.1, -0.05) is 6.07 Å². The molecule has 0 aliphatic carbocycles. The molecular weight excluding hydrogens is 272 g/mol. The summed E-state index contributed by atoms with van der Waals surface area (Å²) in [5.41, 5.74) is 2.33. The summed E-state index contributed by atoms with van der Waals surface area (Å²) in [4.78, 5) is 8.36. The Balaban J connectivity index is 1.81. The molecule has 0 radical (unpaired) electrons. The molecule has 20 heavy (non-hydrogen) atoms. The van der Waals surface area contributed by atoms with Gasteiger partial charge in [0.05, 0.1) is 7.11 Å². The number of nitrogens with one attached hydrogen (secondary N) is 2. The molecule has 0 saturated carbocycles. The number of ether oxygens (including phenoxy) is 1. The topological polar surface area (TPSA) is 58.5 Å². The van der Waals surface area contributed by atoms with Crippen molar-refractivity contribution in [2.75, 3.05) is 14.2 Å². The molecule has 0 atom stereocenters. The van der Waals surface area contributed by atoms with Crippen LogP contribution in [-0.2, 0) is 13.1 Å². The van der Waals surface area contributed by atoms with Crippen LogP contribution in [0, 0.1) is 0 Å². The monoisotopic (exact) mass is 290 g/mol. The Labute approximate surface area is 122 Å². The quantitative estimate of drug-likeness (QED) is 0.653. The molecule has 0 saturated heterocycles. The Kier molecular flexibility index (Phi) is 5.37. The lowest BCUT2D eigenvalue weighted by Crippen LogP contribution is -2.36. The fourth-order valence-electron chi connectivity index (χ4n) is 1.62. The van der Waals surface area contributed by atoms with Crippen LogP contribution in [0.4, 0.5) is 0 Å². The molecule has 0 aromatic carbocycles. The molecule has 0 aliphatic heterocycles. The van der Waals surface area contributed by atoms with E-state index < -0.39 is 0 Å². The van der Waals surface area contributed by atoms with Crippen molar-refractivity contribution in [3.63, 3.8) is 0 Å². The first-order valence-corrected chi connectivity index (χ1v) is 7.20. The van der Waals surface area contributed by atoms with E-state index in [-0.39, 0.29) is 0 Å². The number of pyridine rings is 1. The van der Waals surface area contributed by atoms with E-state index in [4.69, 9.17) is 4.74 Å². The normalized spacial score (nSPS) is 11.2. The number of aliphatic imine (C=N–C) groups is 1. The van der Waals surface area contributed by atoms with Crippen LogP contribution in [0.25, 0.3) is 0 Å². The number of nitrogens with zero attached hydrogens (tertiary/aromatic N) is 2. The summed E-state index contributed by atoms with van der Waals surface area (Å²) in [6.07, 6.45) is 1.79. The Morgan fingerprint density at radius 3 is 2.60 bits per heavy atom. The standard InChI is InChI=1S/C14H18N4OS/c1-15-14(18-9-12-5-6-20-10-12)17-8-11-3-4-13(19-2)16-7-11/h3-7,10H,8-9H2,1-2H3,(H2,15,17,18). The van der Waals surface area contributed by atoms with Gasteiger partial charge in [-0.3, -0.25) is 4.99 Å². The minimum absolute atomic E-state index is 0.619. The molecule has 0 unspecified atom stereocenters. The maximum atomic E-state index is 5.03. The van der Waals surface area contributed by atoms with Gasteiger partial charge in [0.1, 0.15) is 0 Å². The third kappa shape index (κ3) is 4.24. The minimum Gasteiger partial charge on any atom is -0.481 e. The van der Waals surface area contributed by atoms with Gasteiger partial charge in [-0.15, -0.1) is 0 Å². The molecule has 2 N–H and O–H groups in total. The van der Waals surface area contributed by atoms with Gasteiger partial charge in [-0.2, -0.15) is 11.3 Å². The average Bonchev–Trinajstić information content (AvgIpc) is 3.01. The molecule has 0 bridgehead atoms. The Hall–Kier alpha value is -2.08. The Morgan fingerprint density at radius 2 is 2.05 bits per heavy atom. The summed E-state index contributed by atoms with van der Waals surface area (Å²) in [6, 6.07) is 5.92. The second-order valence-corrected chi connectivity index (χ2v) is 4.90. The number of hydrogen-bond donors (Lipinski definition) is 2. The number of hydrogen-bond acceptors (Lipinski definition) is 4. The van der Waals surface area contributed by atoms with Crippen molar-refractivity contribution in [2.45, 2.75) is 13.1 Å². The highest BCUT2D eigenvalue weighted by Crippen LogP contribution is 2.06. The van der Waals surface area contributed by atoms with E-state index in [1.165, 1.54) is 5.56 Å². The van der Waals surface area contributed by atoms with Crippen LogP contribution in [-0.4, -0.2) is 25.1 Å². The van der Waals surface area contributed by atoms with Crippen molar-refractivity contribution in [3.05, 3.63) is 46.3 Å². The largest absolute Gasteiger partial charge is 0.481 e. The van der Waals surface area contributed by atoms with Gasteiger partial charge in [0.2, 0.25) is 5.88 Å². The summed E-state index contributed by atoms with van der Waals surface area (Å²) >= 11 is 1.69. The third-order valence-electron chi connectivity index (χ3n) is 2.73. The van der Waals surface area contributed by atoms with E-state index in [0.29, 0.717) is 12.4 Å². The summed E-state index contributed by atoms with van der Waals surface area (Å²) in [5.74, 6) is 1.39. The summed E-state index contributed by atoms with van der Waals surface area (Å²) in [5, 5.41) is 10.7. The van der Waals surface area contributed by atoms with Crippen molar-refractivity contribution in [2.24, 2.45) is 4.99 Å². The van der Waals surface area contributed by atoms with Crippen LogP contribution < -0.4 is 15.4 Å². The molecule has 2 aromatic heterocycles. The molecule has 2 heterocycles. The second-order valence-electron chi connectivity index (χ2n) is 4.12. The van der Waals surface area contributed by atoms with E-state index in [9.17, 15) is 0 Å². The molecule has 0 aliphatic rings. The molecule has 5 nitrogen and oxygen atoms in total. The van der Waals surface area contributed by atoms with Gasteiger partial charge in [0.15, 0.2) is 5.96 Å². The lowest BCUT2D eigenvalue weighted by Gasteiger charge is -2.11. The average molecular weight is 290 g/mol. The third-order valence-corrected chi connectivity index (χ3v) is 3.46. The number of guanidine groups is 1. The fourth-order valence-corrected chi connectivity index (χ4v) is 2.29. The van der Waals surface area contributed by atoms with E-state index in [2.05, 4.69) is 37.4 Å². The first-order valence-electron chi connectivity index (χ1n) is 6.26. The molecular formula is C14H18N4OS. The summed E-state index contributed by atoms with van der Waals surface area (Å²) < 4.78 is 5.03. The van der Waals surface area contributed by atoms with Gasteiger partial charge in [0, 0.05) is 32.4 Å². The zero-order valence-corrected chi connectivity index (χ0v) is 12.4. The Morgan fingerprint density at radius 1 is 1.25 bits per heavy atom. The van der Waals surface area contributed by atoms with Crippen molar-refractivity contribution in [1.82, 2.24) is 15.6 Å². The lowest BCUT2D eigenvalue weighted by atomic mass is 10.3. The number of rotatable bonds is 5. The van der Waals surface area contributed by atoms with Gasteiger partial charge >= 0.3 is 0 Å². The van der Waals surface area contributed by atoms with Crippen LogP contribution >= 0.6 is 11.3 Å². The van der Waals surface area contributed by atoms with E-state index in [1.807, 2.05) is 12.1 Å². The van der Waals surface area contributed by atoms with Crippen molar-refractivity contribution >= 4 is 17.3 Å². The van der Waals surface area contributed by atoms with E-state index in [1.54, 1.807) is 31.7 Å². The van der Waals surface area contributed by atoms with Gasteiger partial charge in [-0.25, -0.2) is 4.98 Å². The zero-order valence-electron chi connectivity index (χ0n) is 11.6. The maximum Gasteiger partial charge on any atom is 0.212 e. The van der Waals surface area contributed by atoms with Crippen LogP contribution in [0.3, 0.4) is 0 Å². The summed E-state index contributed by atoms with van der Waals surface area (Å²) in [6.45, 7) is 1.43. The molecule has 0 amide bonds. The van der Waals surface area contributed by atoms with E-state index >= 15 is 0 Å². The highest BCUT2D eigenvalue weighted by Gasteiger charge is 2.00. The molecule has 0 fully saturated rings. The van der Waals surface area contributed by atoms with Gasteiger partial charge < -0.3 is 15.4 Å². The highest BCUT2D eigenvalue weighted by atomic mass is 32.1. The van der Waals surface area contributed by atoms with Crippen molar-refractivity contribution in [3.8, 4) is 5.88 Å². The number of methoxy groups -OCH3 is 1. The molecule has 2 aromatic rings. The predicted octanol–water partition coefficient (Wildman–Crippen LogP) is 2.02. The van der Waals surface area contributed by atoms with Crippen molar-refractivity contribution < 1.29 is 4.74 Å². The first kappa shape index (κ1) is 14.3. The van der Waals surface area contributed by atoms with E-state index in [0.717, 1.165) is 18.1 Å². The SMILES string of the molecule is CN=C(NCc1ccc(OC)nc1)NCc1ccsc1. The zero-order chi connectivity index (χ0) is 14.2. The maximum absolute atomic E-state index is 5.03. The lowest BCUT2D eigenvalue weighted by molar-refractivity contribution is 0.397. The van der Waals surface area contributed by atoms with Gasteiger partial charge in [-0.05, 0) is 28.0 Å². The van der Waals surface area contributed by atoms with Crippen LogP contribution in [0.5, 0.6) is 5.88 Å². The van der Waals surface area contributed by atoms with Crippen LogP contribution in [0.1, 0.15) is 11.1 Å². The highest BCUT2D eigenvalue weighted by molar-refractivity contribution is 7.07. The van der Waals surface area contributed by atoms with Crippen LogP contribution in [0.15, 0.2) is 40.1 Å². The number of aromatic nitrogens is 1. The smallest absolute Gasteiger partial charge is 0.212 e. The molecule has 6 heteroatoms. The molecule has 0 spiro atoms. The first-order chi connectivity index (χ1) is 9.81.